The van der Waals surface area contributed by atoms with Crippen LogP contribution in [-0.4, -0.2) is 20.9 Å². The molecule has 4 aromatic rings. The molecule has 0 spiro atoms. The number of carbonyl (C=O) groups is 1. The lowest BCUT2D eigenvalue weighted by Crippen LogP contribution is -2.42. The average molecular weight is 489 g/mol. The van der Waals surface area contributed by atoms with Crippen LogP contribution >= 0.6 is 0 Å². The van der Waals surface area contributed by atoms with Crippen LogP contribution in [0.15, 0.2) is 114 Å². The van der Waals surface area contributed by atoms with Gasteiger partial charge in [-0.1, -0.05) is 84.9 Å². The van der Waals surface area contributed by atoms with E-state index in [1.807, 2.05) is 61.5 Å². The van der Waals surface area contributed by atoms with Crippen LogP contribution in [-0.2, 0) is 14.8 Å². The Bertz CT molecular complexity index is 1410. The fourth-order valence-electron chi connectivity index (χ4n) is 3.91. The molecule has 0 bridgehead atoms. The molecule has 0 radical (unpaired) electrons. The molecule has 0 unspecified atom stereocenters. The van der Waals surface area contributed by atoms with Crippen LogP contribution in [0, 0.1) is 12.7 Å². The fraction of sp³-hybridized carbons (Fsp3) is 0.107. The summed E-state index contributed by atoms with van der Waals surface area (Å²) in [5.74, 6) is -1.30. The Morgan fingerprint density at radius 3 is 2.06 bits per heavy atom. The molecule has 4 aromatic carbocycles. The van der Waals surface area contributed by atoms with Gasteiger partial charge in [-0.05, 0) is 47.9 Å². The highest BCUT2D eigenvalue weighted by Crippen LogP contribution is 2.28. The molecular formula is C28H25FN2O3S. The van der Waals surface area contributed by atoms with Crippen molar-refractivity contribution in [1.29, 1.82) is 0 Å². The van der Waals surface area contributed by atoms with Crippen LogP contribution in [0.5, 0.6) is 0 Å². The van der Waals surface area contributed by atoms with E-state index in [1.165, 1.54) is 36.4 Å². The van der Waals surface area contributed by atoms with E-state index in [2.05, 4.69) is 5.32 Å². The molecule has 1 N–H and O–H groups in total. The van der Waals surface area contributed by atoms with Crippen molar-refractivity contribution in [2.45, 2.75) is 17.9 Å². The second-order valence-corrected chi connectivity index (χ2v) is 9.91. The Morgan fingerprint density at radius 2 is 1.40 bits per heavy atom. The quantitative estimate of drug-likeness (QED) is 0.369. The normalized spacial score (nSPS) is 12.1. The maximum Gasteiger partial charge on any atom is 0.264 e. The molecule has 1 amide bonds. The molecular weight excluding hydrogens is 463 g/mol. The molecule has 0 fully saturated rings. The lowest BCUT2D eigenvalue weighted by Gasteiger charge is -2.27. The molecule has 1 atom stereocenters. The van der Waals surface area contributed by atoms with E-state index in [4.69, 9.17) is 0 Å². The summed E-state index contributed by atoms with van der Waals surface area (Å²) in [6.07, 6.45) is 0. The van der Waals surface area contributed by atoms with Crippen molar-refractivity contribution in [2.24, 2.45) is 0 Å². The van der Waals surface area contributed by atoms with Crippen molar-refractivity contribution in [3.05, 3.63) is 132 Å². The Morgan fingerprint density at radius 1 is 0.829 bits per heavy atom. The summed E-state index contributed by atoms with van der Waals surface area (Å²) in [5, 5.41) is 2.97. The van der Waals surface area contributed by atoms with Crippen LogP contribution < -0.4 is 9.62 Å². The number of sulfonamides is 1. The van der Waals surface area contributed by atoms with Crippen molar-refractivity contribution in [1.82, 2.24) is 5.32 Å². The van der Waals surface area contributed by atoms with E-state index in [0.717, 1.165) is 21.0 Å². The first kappa shape index (κ1) is 24.2. The Labute approximate surface area is 204 Å². The second kappa shape index (κ2) is 10.5. The van der Waals surface area contributed by atoms with Crippen molar-refractivity contribution < 1.29 is 17.6 Å². The Kier molecular flexibility index (Phi) is 7.27. The van der Waals surface area contributed by atoms with Gasteiger partial charge in [0, 0.05) is 0 Å². The van der Waals surface area contributed by atoms with Crippen molar-refractivity contribution in [3.63, 3.8) is 0 Å². The fourth-order valence-corrected chi connectivity index (χ4v) is 5.36. The summed E-state index contributed by atoms with van der Waals surface area (Å²) in [5.41, 5.74) is 2.51. The van der Waals surface area contributed by atoms with Gasteiger partial charge < -0.3 is 5.32 Å². The third kappa shape index (κ3) is 5.41. The van der Waals surface area contributed by atoms with Gasteiger partial charge in [0.25, 0.3) is 10.0 Å². The number of hydrogen-bond donors (Lipinski definition) is 1. The molecule has 178 valence electrons. The molecule has 5 nitrogen and oxygen atoms in total. The lowest BCUT2D eigenvalue weighted by molar-refractivity contribution is -0.120. The van der Waals surface area contributed by atoms with Crippen molar-refractivity contribution >= 4 is 21.6 Å². The third-order valence-corrected chi connectivity index (χ3v) is 7.45. The Hall–Kier alpha value is -3.97. The molecule has 0 heterocycles. The van der Waals surface area contributed by atoms with Gasteiger partial charge in [-0.15, -0.1) is 0 Å². The smallest absolute Gasteiger partial charge is 0.264 e. The molecule has 0 aliphatic rings. The maximum atomic E-state index is 14.7. The highest BCUT2D eigenvalue weighted by atomic mass is 32.2. The summed E-state index contributed by atoms with van der Waals surface area (Å²) in [4.78, 5) is 13.3. The summed E-state index contributed by atoms with van der Waals surface area (Å²) in [6, 6.07) is 29.8. The van der Waals surface area contributed by atoms with Gasteiger partial charge in [-0.25, -0.2) is 12.8 Å². The largest absolute Gasteiger partial charge is 0.344 e. The summed E-state index contributed by atoms with van der Waals surface area (Å²) < 4.78 is 42.5. The van der Waals surface area contributed by atoms with Gasteiger partial charge in [0.1, 0.15) is 12.4 Å². The van der Waals surface area contributed by atoms with Crippen LogP contribution in [0.25, 0.3) is 0 Å². The van der Waals surface area contributed by atoms with Gasteiger partial charge >= 0.3 is 0 Å². The summed E-state index contributed by atoms with van der Waals surface area (Å²) in [7, 11) is -4.21. The van der Waals surface area contributed by atoms with Crippen LogP contribution in [0.1, 0.15) is 22.7 Å². The minimum atomic E-state index is -4.21. The number of nitrogens with zero attached hydrogens (tertiary/aromatic N) is 1. The lowest BCUT2D eigenvalue weighted by atomic mass is 9.95. The van der Waals surface area contributed by atoms with Gasteiger partial charge in [0.05, 0.1) is 16.6 Å². The predicted octanol–water partition coefficient (Wildman–Crippen LogP) is 5.24. The van der Waals surface area contributed by atoms with Crippen molar-refractivity contribution in [2.75, 3.05) is 10.8 Å². The number of para-hydroxylation sites is 1. The van der Waals surface area contributed by atoms with Gasteiger partial charge in [0.2, 0.25) is 5.91 Å². The molecule has 7 heteroatoms. The SMILES string of the molecule is Cc1ccccc1[C@@H](NC(=O)CN(c1ccccc1F)S(=O)(=O)c1ccccc1)c1ccccc1. The van der Waals surface area contributed by atoms with Gasteiger partial charge in [-0.3, -0.25) is 9.10 Å². The predicted molar refractivity (Wildman–Crippen MR) is 135 cm³/mol. The first-order valence-corrected chi connectivity index (χ1v) is 12.5. The standard InChI is InChI=1S/C28H25FN2O3S/c1-21-12-8-9-17-24(21)28(22-13-4-2-5-14-22)30-27(32)20-31(26-19-11-10-18-25(26)29)35(33,34)23-15-6-3-7-16-23/h2-19,28H,20H2,1H3,(H,30,32)/t28-/m0/s1. The number of rotatable bonds is 8. The van der Waals surface area contributed by atoms with E-state index >= 15 is 0 Å². The summed E-state index contributed by atoms with van der Waals surface area (Å²) >= 11 is 0. The number of hydrogen-bond acceptors (Lipinski definition) is 3. The van der Waals surface area contributed by atoms with E-state index in [1.54, 1.807) is 18.2 Å². The second-order valence-electron chi connectivity index (χ2n) is 8.04. The van der Waals surface area contributed by atoms with Gasteiger partial charge in [-0.2, -0.15) is 0 Å². The summed E-state index contributed by atoms with van der Waals surface area (Å²) in [6.45, 7) is 1.36. The van der Waals surface area contributed by atoms with E-state index in [-0.39, 0.29) is 10.6 Å². The van der Waals surface area contributed by atoms with Crippen LogP contribution in [0.2, 0.25) is 0 Å². The van der Waals surface area contributed by atoms with Gasteiger partial charge in [0.15, 0.2) is 0 Å². The molecule has 0 saturated carbocycles. The molecule has 0 saturated heterocycles. The minimum absolute atomic E-state index is 0.0328. The minimum Gasteiger partial charge on any atom is -0.344 e. The topological polar surface area (TPSA) is 66.5 Å². The molecule has 4 rings (SSSR count). The van der Waals surface area contributed by atoms with E-state index in [9.17, 15) is 17.6 Å². The number of nitrogens with one attached hydrogen (secondary N) is 1. The zero-order valence-electron chi connectivity index (χ0n) is 19.1. The number of halogens is 1. The van der Waals surface area contributed by atoms with Crippen LogP contribution in [0.3, 0.4) is 0 Å². The first-order chi connectivity index (χ1) is 16.9. The highest BCUT2D eigenvalue weighted by molar-refractivity contribution is 7.92. The van der Waals surface area contributed by atoms with E-state index in [0.29, 0.717) is 0 Å². The molecule has 35 heavy (non-hydrogen) atoms. The monoisotopic (exact) mass is 488 g/mol. The first-order valence-electron chi connectivity index (χ1n) is 11.1. The van der Waals surface area contributed by atoms with E-state index < -0.39 is 34.3 Å². The number of anilines is 1. The average Bonchev–Trinajstić information content (AvgIpc) is 2.88. The molecule has 0 aliphatic heterocycles. The molecule has 0 aromatic heterocycles. The highest BCUT2D eigenvalue weighted by Gasteiger charge is 2.30. The number of amides is 1. The zero-order chi connectivity index (χ0) is 24.8. The Balaban J connectivity index is 1.71. The van der Waals surface area contributed by atoms with Crippen LogP contribution in [0.4, 0.5) is 10.1 Å². The molecule has 0 aliphatic carbocycles. The number of carbonyl (C=O) groups excluding carboxylic acids is 1. The number of aryl methyl sites for hydroxylation is 1. The van der Waals surface area contributed by atoms with Crippen molar-refractivity contribution in [3.8, 4) is 0 Å². The number of benzene rings is 4. The maximum absolute atomic E-state index is 14.7. The zero-order valence-corrected chi connectivity index (χ0v) is 20.0. The third-order valence-electron chi connectivity index (χ3n) is 5.68.